The third-order valence-corrected chi connectivity index (χ3v) is 4.10. The van der Waals surface area contributed by atoms with Crippen molar-refractivity contribution in [3.63, 3.8) is 0 Å². The maximum Gasteiger partial charge on any atom is 0.264 e. The molecular formula is C15H16FIN2O. The molecule has 0 amide bonds. The van der Waals surface area contributed by atoms with Crippen LogP contribution in [0, 0.1) is 22.2 Å². The Morgan fingerprint density at radius 3 is 2.75 bits per heavy atom. The number of aromatic amines is 1. The van der Waals surface area contributed by atoms with Crippen molar-refractivity contribution in [2.45, 2.75) is 27.2 Å². The summed E-state index contributed by atoms with van der Waals surface area (Å²) in [7, 11) is 0. The van der Waals surface area contributed by atoms with E-state index in [0.717, 1.165) is 17.7 Å². The smallest absolute Gasteiger partial charge is 0.264 e. The second kappa shape index (κ2) is 6.03. The molecule has 0 radical (unpaired) electrons. The van der Waals surface area contributed by atoms with Gasteiger partial charge in [0.15, 0.2) is 0 Å². The molecule has 1 aromatic heterocycles. The zero-order chi connectivity index (χ0) is 14.9. The van der Waals surface area contributed by atoms with Crippen molar-refractivity contribution < 1.29 is 4.39 Å². The molecule has 0 aliphatic carbocycles. The molecule has 0 fully saturated rings. The zero-order valence-corrected chi connectivity index (χ0v) is 13.8. The Bertz CT molecular complexity index is 695. The number of nitrogens with zero attached hydrogens (tertiary/aromatic N) is 1. The highest BCUT2D eigenvalue weighted by molar-refractivity contribution is 14.1. The Morgan fingerprint density at radius 1 is 1.40 bits per heavy atom. The first kappa shape index (κ1) is 15.2. The molecule has 0 bridgehead atoms. The van der Waals surface area contributed by atoms with Crippen LogP contribution in [0.15, 0.2) is 23.0 Å². The highest BCUT2D eigenvalue weighted by atomic mass is 127. The standard InChI is InChI=1S/C15H16FIN2O/c1-8(2)6-12-13(17)15(20)19-14(18-12)11-7-10(16)5-4-9(11)3/h4-5,7-8H,6H2,1-3H3,(H,18,19,20). The van der Waals surface area contributed by atoms with E-state index in [-0.39, 0.29) is 11.4 Å². The number of aromatic nitrogens is 2. The van der Waals surface area contributed by atoms with E-state index in [2.05, 4.69) is 23.8 Å². The molecule has 0 aliphatic heterocycles. The van der Waals surface area contributed by atoms with E-state index in [1.54, 1.807) is 6.07 Å². The van der Waals surface area contributed by atoms with Gasteiger partial charge >= 0.3 is 0 Å². The predicted molar refractivity (Wildman–Crippen MR) is 86.2 cm³/mol. The summed E-state index contributed by atoms with van der Waals surface area (Å²) < 4.78 is 14.0. The number of rotatable bonds is 3. The van der Waals surface area contributed by atoms with E-state index in [4.69, 9.17) is 0 Å². The van der Waals surface area contributed by atoms with Crippen LogP contribution in [0.2, 0.25) is 0 Å². The Hall–Kier alpha value is -1.24. The second-order valence-corrected chi connectivity index (χ2v) is 6.31. The first-order chi connectivity index (χ1) is 9.38. The lowest BCUT2D eigenvalue weighted by Crippen LogP contribution is -2.17. The molecule has 0 saturated carbocycles. The van der Waals surface area contributed by atoms with Crippen LogP contribution < -0.4 is 5.56 Å². The molecule has 2 rings (SSSR count). The van der Waals surface area contributed by atoms with E-state index >= 15 is 0 Å². The third-order valence-electron chi connectivity index (χ3n) is 2.99. The van der Waals surface area contributed by atoms with Crippen molar-refractivity contribution in [2.24, 2.45) is 5.92 Å². The van der Waals surface area contributed by atoms with Gasteiger partial charge in [-0.3, -0.25) is 4.79 Å². The summed E-state index contributed by atoms with van der Waals surface area (Å²) >= 11 is 2.01. The molecule has 2 aromatic rings. The molecular weight excluding hydrogens is 370 g/mol. The fourth-order valence-corrected chi connectivity index (χ4v) is 2.48. The van der Waals surface area contributed by atoms with E-state index in [0.29, 0.717) is 20.9 Å². The zero-order valence-electron chi connectivity index (χ0n) is 11.6. The number of hydrogen-bond acceptors (Lipinski definition) is 2. The first-order valence-electron chi connectivity index (χ1n) is 6.43. The minimum atomic E-state index is -0.336. The number of nitrogens with one attached hydrogen (secondary N) is 1. The molecule has 0 atom stereocenters. The summed E-state index contributed by atoms with van der Waals surface area (Å²) in [5.74, 6) is 0.500. The molecule has 106 valence electrons. The Morgan fingerprint density at radius 2 is 2.10 bits per heavy atom. The Labute approximate surface area is 130 Å². The van der Waals surface area contributed by atoms with Gasteiger partial charge in [-0.05, 0) is 59.5 Å². The summed E-state index contributed by atoms with van der Waals surface area (Å²) in [5.41, 5.74) is 2.10. The van der Waals surface area contributed by atoms with E-state index < -0.39 is 0 Å². The van der Waals surface area contributed by atoms with E-state index in [1.807, 2.05) is 29.5 Å². The average molecular weight is 386 g/mol. The Kier molecular flexibility index (Phi) is 4.57. The van der Waals surface area contributed by atoms with Crippen molar-refractivity contribution in [2.75, 3.05) is 0 Å². The van der Waals surface area contributed by atoms with Gasteiger partial charge in [-0.1, -0.05) is 19.9 Å². The topological polar surface area (TPSA) is 45.8 Å². The molecule has 3 nitrogen and oxygen atoms in total. The molecule has 0 aliphatic rings. The van der Waals surface area contributed by atoms with Crippen molar-refractivity contribution >= 4 is 22.6 Å². The van der Waals surface area contributed by atoms with Gasteiger partial charge in [0.1, 0.15) is 11.6 Å². The number of hydrogen-bond donors (Lipinski definition) is 1. The third kappa shape index (κ3) is 3.26. The molecule has 0 spiro atoms. The minimum absolute atomic E-state index is 0.171. The van der Waals surface area contributed by atoms with Gasteiger partial charge in [-0.25, -0.2) is 9.37 Å². The van der Waals surface area contributed by atoms with Crippen molar-refractivity contribution in [1.82, 2.24) is 9.97 Å². The van der Waals surface area contributed by atoms with Gasteiger partial charge in [-0.2, -0.15) is 0 Å². The van der Waals surface area contributed by atoms with Crippen LogP contribution in [0.25, 0.3) is 11.4 Å². The van der Waals surface area contributed by atoms with Gasteiger partial charge in [0.25, 0.3) is 5.56 Å². The van der Waals surface area contributed by atoms with Crippen LogP contribution in [0.3, 0.4) is 0 Å². The normalized spacial score (nSPS) is 11.1. The van der Waals surface area contributed by atoms with Crippen LogP contribution in [0.4, 0.5) is 4.39 Å². The number of aryl methyl sites for hydroxylation is 1. The highest BCUT2D eigenvalue weighted by Gasteiger charge is 2.13. The molecule has 20 heavy (non-hydrogen) atoms. The molecule has 0 unspecified atom stereocenters. The van der Waals surface area contributed by atoms with Crippen LogP contribution in [0.1, 0.15) is 25.1 Å². The largest absolute Gasteiger partial charge is 0.306 e. The first-order valence-corrected chi connectivity index (χ1v) is 7.51. The fourth-order valence-electron chi connectivity index (χ4n) is 2.00. The maximum absolute atomic E-state index is 13.4. The second-order valence-electron chi connectivity index (χ2n) is 5.23. The monoisotopic (exact) mass is 386 g/mol. The van der Waals surface area contributed by atoms with E-state index in [9.17, 15) is 9.18 Å². The summed E-state index contributed by atoms with van der Waals surface area (Å²) in [6.45, 7) is 6.02. The number of benzene rings is 1. The molecule has 1 heterocycles. The van der Waals surface area contributed by atoms with Crippen molar-refractivity contribution in [3.8, 4) is 11.4 Å². The van der Waals surface area contributed by atoms with Crippen molar-refractivity contribution in [1.29, 1.82) is 0 Å². The van der Waals surface area contributed by atoms with Gasteiger partial charge in [0, 0.05) is 5.56 Å². The number of H-pyrrole nitrogens is 1. The summed E-state index contributed by atoms with van der Waals surface area (Å²) in [6.07, 6.45) is 0.726. The summed E-state index contributed by atoms with van der Waals surface area (Å²) in [4.78, 5) is 19.3. The molecule has 5 heteroatoms. The fraction of sp³-hybridized carbons (Fsp3) is 0.333. The lowest BCUT2D eigenvalue weighted by Gasteiger charge is -2.10. The lowest BCUT2D eigenvalue weighted by molar-refractivity contribution is 0.626. The average Bonchev–Trinajstić information content (AvgIpc) is 2.37. The molecule has 1 N–H and O–H groups in total. The highest BCUT2D eigenvalue weighted by Crippen LogP contribution is 2.22. The Balaban J connectivity index is 2.60. The van der Waals surface area contributed by atoms with Crippen LogP contribution in [-0.2, 0) is 6.42 Å². The van der Waals surface area contributed by atoms with Crippen LogP contribution >= 0.6 is 22.6 Å². The summed E-state index contributed by atoms with van der Waals surface area (Å²) in [5, 5.41) is 0. The van der Waals surface area contributed by atoms with E-state index in [1.165, 1.54) is 12.1 Å². The maximum atomic E-state index is 13.4. The quantitative estimate of drug-likeness (QED) is 0.818. The minimum Gasteiger partial charge on any atom is -0.306 e. The van der Waals surface area contributed by atoms with Gasteiger partial charge in [-0.15, -0.1) is 0 Å². The van der Waals surface area contributed by atoms with Gasteiger partial charge in [0.05, 0.1) is 9.26 Å². The number of halogens is 2. The summed E-state index contributed by atoms with van der Waals surface area (Å²) in [6, 6.07) is 4.49. The van der Waals surface area contributed by atoms with Gasteiger partial charge < -0.3 is 4.98 Å². The molecule has 0 saturated heterocycles. The lowest BCUT2D eigenvalue weighted by atomic mass is 10.1. The molecule has 1 aromatic carbocycles. The van der Waals surface area contributed by atoms with Crippen LogP contribution in [0.5, 0.6) is 0 Å². The van der Waals surface area contributed by atoms with Crippen LogP contribution in [-0.4, -0.2) is 9.97 Å². The van der Waals surface area contributed by atoms with Gasteiger partial charge in [0.2, 0.25) is 0 Å². The van der Waals surface area contributed by atoms with Crippen molar-refractivity contribution in [3.05, 3.63) is 49.2 Å². The predicted octanol–water partition coefficient (Wildman–Crippen LogP) is 3.69. The SMILES string of the molecule is Cc1ccc(F)cc1-c1nc(CC(C)C)c(I)c(=O)[nH]1.